The van der Waals surface area contributed by atoms with Crippen LogP contribution in [0.15, 0.2) is 18.7 Å². The van der Waals surface area contributed by atoms with E-state index in [1.165, 1.54) is 0 Å². The number of nitrogens with one attached hydrogen (secondary N) is 2. The van der Waals surface area contributed by atoms with Gasteiger partial charge in [-0.3, -0.25) is 5.10 Å². The van der Waals surface area contributed by atoms with Gasteiger partial charge in [-0.05, 0) is 45.7 Å². The predicted octanol–water partition coefficient (Wildman–Crippen LogP) is 1.78. The first-order valence-corrected chi connectivity index (χ1v) is 15.9. The molecule has 3 aromatic heterocycles. The molecule has 0 aliphatic carbocycles. The maximum Gasteiger partial charge on any atom is 0.243 e. The zero-order valence-electron chi connectivity index (χ0n) is 24.0. The lowest BCUT2D eigenvalue weighted by Gasteiger charge is -2.36. The van der Waals surface area contributed by atoms with Crippen LogP contribution in [0.1, 0.15) is 40.5 Å². The Morgan fingerprint density at radius 1 is 1.18 bits per heavy atom. The Bertz CT molecular complexity index is 1350. The van der Waals surface area contributed by atoms with Gasteiger partial charge in [0.05, 0.1) is 18.1 Å². The molecule has 0 aromatic carbocycles. The van der Waals surface area contributed by atoms with Crippen molar-refractivity contribution in [3.8, 4) is 17.0 Å². The molecular weight excluding hydrogens is 532 g/mol. The molecule has 3 aromatic rings. The third kappa shape index (κ3) is 6.56. The van der Waals surface area contributed by atoms with Gasteiger partial charge in [0.2, 0.25) is 21.6 Å². The lowest BCUT2D eigenvalue weighted by Crippen LogP contribution is -2.49. The summed E-state index contributed by atoms with van der Waals surface area (Å²) in [6, 6.07) is 0.0505. The molecule has 40 heavy (non-hydrogen) atoms. The Balaban J connectivity index is 1.19. The maximum absolute atomic E-state index is 13.1. The molecule has 2 aliphatic rings. The van der Waals surface area contributed by atoms with Gasteiger partial charge in [0.1, 0.15) is 12.0 Å². The molecule has 2 aliphatic heterocycles. The second-order valence-corrected chi connectivity index (χ2v) is 13.2. The van der Waals surface area contributed by atoms with Crippen molar-refractivity contribution in [1.29, 1.82) is 0 Å². The topological polar surface area (TPSA) is 137 Å². The number of fused-ring (bicyclic) bond motifs is 1. The van der Waals surface area contributed by atoms with Crippen molar-refractivity contribution in [3.63, 3.8) is 0 Å². The van der Waals surface area contributed by atoms with Gasteiger partial charge in [-0.15, -0.1) is 5.10 Å². The van der Waals surface area contributed by atoms with Crippen LogP contribution in [0.4, 0.5) is 5.95 Å². The predicted molar refractivity (Wildman–Crippen MR) is 154 cm³/mol. The Morgan fingerprint density at radius 3 is 2.62 bits per heavy atom. The number of aromatic amines is 1. The molecule has 2 N–H and O–H groups in total. The molecule has 5 heterocycles. The van der Waals surface area contributed by atoms with Crippen molar-refractivity contribution < 1.29 is 13.2 Å². The number of H-pyrrole nitrogens is 1. The smallest absolute Gasteiger partial charge is 0.243 e. The zero-order chi connectivity index (χ0) is 28.3. The molecule has 14 heteroatoms. The standard InChI is InChI=1S/C26H42N10O3S/c1-5-33-10-12-34(13-11-33)8-6-14-40(37,38)35-9-7-22(20(4)17-35)30-26-31-25-24(39-19(2)3)23(21-15-28-29-16-21)27-18-36(25)32-26/h15-16,18-20,22H,5-14,17H2,1-4H3,(H,28,29)(H,30,32)/t20-,22?/m1/s1. The number of ether oxygens (including phenoxy) is 1. The third-order valence-corrected chi connectivity index (χ3v) is 9.76. The van der Waals surface area contributed by atoms with Crippen LogP contribution in [-0.2, 0) is 10.0 Å². The van der Waals surface area contributed by atoms with Crippen molar-refractivity contribution >= 4 is 21.6 Å². The number of piperidine rings is 1. The Labute approximate surface area is 236 Å². The SMILES string of the molecule is CCN1CCN(CCCS(=O)(=O)N2CCC(Nc3nc4c(OC(C)C)c(-c5cn[nH]c5)ncn4n3)[C@H](C)C2)CC1. The quantitative estimate of drug-likeness (QED) is 0.349. The van der Waals surface area contributed by atoms with E-state index in [2.05, 4.69) is 49.2 Å². The molecular formula is C26H42N10O3S. The molecule has 0 saturated carbocycles. The third-order valence-electron chi connectivity index (χ3n) is 7.84. The van der Waals surface area contributed by atoms with E-state index in [-0.39, 0.29) is 23.8 Å². The summed E-state index contributed by atoms with van der Waals surface area (Å²) in [5.41, 5.74) is 2.01. The van der Waals surface area contributed by atoms with Crippen LogP contribution in [0.2, 0.25) is 0 Å². The Hall–Kier alpha value is -2.81. The summed E-state index contributed by atoms with van der Waals surface area (Å²) in [5, 5.41) is 14.9. The summed E-state index contributed by atoms with van der Waals surface area (Å²) >= 11 is 0. The highest BCUT2D eigenvalue weighted by Crippen LogP contribution is 2.32. The largest absolute Gasteiger partial charge is 0.485 e. The minimum absolute atomic E-state index is 0.0505. The highest BCUT2D eigenvalue weighted by molar-refractivity contribution is 7.89. The summed E-state index contributed by atoms with van der Waals surface area (Å²) in [5.74, 6) is 1.31. The molecule has 2 fully saturated rings. The van der Waals surface area contributed by atoms with Gasteiger partial charge in [-0.1, -0.05) is 13.8 Å². The van der Waals surface area contributed by atoms with Gasteiger partial charge in [0.25, 0.3) is 0 Å². The van der Waals surface area contributed by atoms with E-state index < -0.39 is 10.0 Å². The molecule has 13 nitrogen and oxygen atoms in total. The first-order chi connectivity index (χ1) is 19.2. The molecule has 1 unspecified atom stereocenters. The Kier molecular flexibility index (Phi) is 8.88. The van der Waals surface area contributed by atoms with Crippen molar-refractivity contribution in [3.05, 3.63) is 18.7 Å². The minimum Gasteiger partial charge on any atom is -0.485 e. The van der Waals surface area contributed by atoms with Gasteiger partial charge in [0.15, 0.2) is 5.75 Å². The van der Waals surface area contributed by atoms with Crippen LogP contribution in [0, 0.1) is 5.92 Å². The fourth-order valence-corrected chi connectivity index (χ4v) is 7.09. The van der Waals surface area contributed by atoms with Crippen LogP contribution < -0.4 is 10.1 Å². The molecule has 5 rings (SSSR count). The van der Waals surface area contributed by atoms with Gasteiger partial charge in [0, 0.05) is 57.1 Å². The van der Waals surface area contributed by atoms with Crippen LogP contribution in [0.5, 0.6) is 5.75 Å². The monoisotopic (exact) mass is 574 g/mol. The van der Waals surface area contributed by atoms with Crippen LogP contribution >= 0.6 is 0 Å². The summed E-state index contributed by atoms with van der Waals surface area (Å²) in [6.45, 7) is 15.2. The van der Waals surface area contributed by atoms with Crippen LogP contribution in [0.3, 0.4) is 0 Å². The lowest BCUT2D eigenvalue weighted by atomic mass is 9.95. The number of anilines is 1. The summed E-state index contributed by atoms with van der Waals surface area (Å²) in [6.07, 6.45) is 6.34. The van der Waals surface area contributed by atoms with Crippen LogP contribution in [0.25, 0.3) is 16.9 Å². The zero-order valence-corrected chi connectivity index (χ0v) is 24.8. The second-order valence-electron chi connectivity index (χ2n) is 11.1. The maximum atomic E-state index is 13.1. The number of hydrogen-bond acceptors (Lipinski definition) is 10. The highest BCUT2D eigenvalue weighted by atomic mass is 32.2. The van der Waals surface area contributed by atoms with Gasteiger partial charge in [-0.25, -0.2) is 17.7 Å². The molecule has 0 spiro atoms. The van der Waals surface area contributed by atoms with Crippen molar-refractivity contribution in [2.45, 2.75) is 52.7 Å². The number of nitrogens with zero attached hydrogens (tertiary/aromatic N) is 8. The van der Waals surface area contributed by atoms with E-state index in [1.54, 1.807) is 27.5 Å². The minimum atomic E-state index is -3.29. The fourth-order valence-electron chi connectivity index (χ4n) is 5.50. The molecule has 0 radical (unpaired) electrons. The average Bonchev–Trinajstić information content (AvgIpc) is 3.60. The van der Waals surface area contributed by atoms with E-state index in [4.69, 9.17) is 9.72 Å². The molecule has 0 amide bonds. The van der Waals surface area contributed by atoms with E-state index in [0.717, 1.165) is 44.8 Å². The molecule has 220 valence electrons. The molecule has 2 atom stereocenters. The summed E-state index contributed by atoms with van der Waals surface area (Å²) in [7, 11) is -3.29. The number of hydrogen-bond donors (Lipinski definition) is 2. The van der Waals surface area contributed by atoms with E-state index in [0.29, 0.717) is 49.0 Å². The van der Waals surface area contributed by atoms with E-state index >= 15 is 0 Å². The number of aromatic nitrogens is 6. The van der Waals surface area contributed by atoms with E-state index in [1.807, 2.05) is 13.8 Å². The van der Waals surface area contributed by atoms with Crippen molar-refractivity contribution in [2.24, 2.45) is 5.92 Å². The lowest BCUT2D eigenvalue weighted by molar-refractivity contribution is 0.137. The van der Waals surface area contributed by atoms with E-state index in [9.17, 15) is 8.42 Å². The Morgan fingerprint density at radius 2 is 1.95 bits per heavy atom. The van der Waals surface area contributed by atoms with Crippen molar-refractivity contribution in [1.82, 2.24) is 43.9 Å². The number of likely N-dealkylation sites (N-methyl/N-ethyl adjacent to an activating group) is 1. The molecule has 2 saturated heterocycles. The normalized spacial score (nSPS) is 21.8. The van der Waals surface area contributed by atoms with Crippen LogP contribution in [-0.4, -0.2) is 123 Å². The first kappa shape index (κ1) is 28.7. The summed E-state index contributed by atoms with van der Waals surface area (Å²) in [4.78, 5) is 14.1. The second kappa shape index (κ2) is 12.4. The number of sulfonamides is 1. The number of rotatable bonds is 11. The van der Waals surface area contributed by atoms with Gasteiger partial charge in [-0.2, -0.15) is 14.6 Å². The van der Waals surface area contributed by atoms with Gasteiger partial charge < -0.3 is 19.9 Å². The van der Waals surface area contributed by atoms with Crippen molar-refractivity contribution in [2.75, 3.05) is 63.4 Å². The highest BCUT2D eigenvalue weighted by Gasteiger charge is 2.33. The average molecular weight is 575 g/mol. The molecule has 0 bridgehead atoms. The fraction of sp³-hybridized carbons (Fsp3) is 0.692. The van der Waals surface area contributed by atoms with Gasteiger partial charge >= 0.3 is 0 Å². The first-order valence-electron chi connectivity index (χ1n) is 14.3. The number of piperazine rings is 1. The summed E-state index contributed by atoms with van der Waals surface area (Å²) < 4.78 is 35.6.